The van der Waals surface area contributed by atoms with Gasteiger partial charge in [-0.2, -0.15) is 0 Å². The third-order valence-electron chi connectivity index (χ3n) is 2.50. The maximum absolute atomic E-state index is 13.3. The van der Waals surface area contributed by atoms with Crippen molar-refractivity contribution in [1.29, 1.82) is 0 Å². The molecule has 2 N–H and O–H groups in total. The Labute approximate surface area is 113 Å². The van der Waals surface area contributed by atoms with E-state index in [0.717, 1.165) is 4.68 Å². The lowest BCUT2D eigenvalue weighted by molar-refractivity contribution is -0.137. The molecule has 20 heavy (non-hydrogen) atoms. The van der Waals surface area contributed by atoms with E-state index in [2.05, 4.69) is 15.6 Å². The van der Waals surface area contributed by atoms with Gasteiger partial charge in [0.2, 0.25) is 0 Å². The fourth-order valence-corrected chi connectivity index (χ4v) is 1.48. The van der Waals surface area contributed by atoms with Gasteiger partial charge in [0.15, 0.2) is 5.69 Å². The highest BCUT2D eigenvalue weighted by Crippen LogP contribution is 2.14. The monoisotopic (exact) mass is 278 g/mol. The fourth-order valence-electron chi connectivity index (χ4n) is 1.48. The predicted molar refractivity (Wildman–Crippen MR) is 66.7 cm³/mol. The first-order chi connectivity index (χ1) is 9.45. The highest BCUT2D eigenvalue weighted by molar-refractivity contribution is 6.02. The van der Waals surface area contributed by atoms with Crippen molar-refractivity contribution in [2.45, 2.75) is 13.5 Å². The first kappa shape index (κ1) is 13.7. The van der Waals surface area contributed by atoms with E-state index in [1.54, 1.807) is 13.0 Å². The van der Waals surface area contributed by atoms with Crippen LogP contribution in [0.3, 0.4) is 0 Å². The number of hydrogen-bond donors (Lipinski definition) is 2. The summed E-state index contributed by atoms with van der Waals surface area (Å²) in [6.45, 7) is 1.22. The molecular weight excluding hydrogens is 267 g/mol. The minimum atomic E-state index is -1.09. The number of aliphatic carboxylic acids is 1. The van der Waals surface area contributed by atoms with Crippen molar-refractivity contribution in [3.8, 4) is 0 Å². The van der Waals surface area contributed by atoms with E-state index in [-0.39, 0.29) is 17.9 Å². The van der Waals surface area contributed by atoms with Gasteiger partial charge in [0, 0.05) is 5.69 Å². The second-order valence-corrected chi connectivity index (χ2v) is 4.11. The van der Waals surface area contributed by atoms with Crippen molar-refractivity contribution in [2.75, 3.05) is 5.32 Å². The molecule has 0 atom stereocenters. The van der Waals surface area contributed by atoms with Crippen molar-refractivity contribution in [3.63, 3.8) is 0 Å². The van der Waals surface area contributed by atoms with Gasteiger partial charge in [0.1, 0.15) is 12.4 Å². The summed E-state index contributed by atoms with van der Waals surface area (Å²) >= 11 is 0. The Morgan fingerprint density at radius 2 is 2.20 bits per heavy atom. The fraction of sp³-hybridized carbons (Fsp3) is 0.167. The van der Waals surface area contributed by atoms with Crippen LogP contribution in [0.2, 0.25) is 0 Å². The Kier molecular flexibility index (Phi) is 3.74. The number of rotatable bonds is 4. The van der Waals surface area contributed by atoms with E-state index >= 15 is 0 Å². The number of aryl methyl sites for hydroxylation is 1. The second-order valence-electron chi connectivity index (χ2n) is 4.11. The molecule has 0 radical (unpaired) electrons. The molecule has 0 aliphatic heterocycles. The summed E-state index contributed by atoms with van der Waals surface area (Å²) in [7, 11) is 0. The Bertz CT molecular complexity index is 668. The molecule has 0 fully saturated rings. The van der Waals surface area contributed by atoms with Crippen molar-refractivity contribution < 1.29 is 19.1 Å². The third-order valence-corrected chi connectivity index (χ3v) is 2.50. The number of anilines is 1. The highest BCUT2D eigenvalue weighted by Gasteiger charge is 2.12. The summed E-state index contributed by atoms with van der Waals surface area (Å²) in [5.74, 6) is -2.12. The number of halogens is 1. The molecule has 8 heteroatoms. The molecule has 0 spiro atoms. The Hall–Kier alpha value is -2.77. The van der Waals surface area contributed by atoms with Gasteiger partial charge in [0.25, 0.3) is 5.91 Å². The number of carbonyl (C=O) groups is 2. The van der Waals surface area contributed by atoms with Crippen LogP contribution in [0, 0.1) is 12.7 Å². The summed E-state index contributed by atoms with van der Waals surface area (Å²) < 4.78 is 14.4. The number of amides is 1. The molecule has 1 heterocycles. The molecule has 0 saturated carbocycles. The van der Waals surface area contributed by atoms with Crippen molar-refractivity contribution in [3.05, 3.63) is 41.5 Å². The van der Waals surface area contributed by atoms with E-state index < -0.39 is 17.7 Å². The third kappa shape index (κ3) is 3.16. The van der Waals surface area contributed by atoms with Gasteiger partial charge in [-0.3, -0.25) is 9.59 Å². The number of carboxylic acids is 1. The quantitative estimate of drug-likeness (QED) is 0.871. The van der Waals surface area contributed by atoms with Crippen LogP contribution in [0.25, 0.3) is 0 Å². The lowest BCUT2D eigenvalue weighted by Crippen LogP contribution is -2.13. The minimum absolute atomic E-state index is 0.0489. The number of carbonyl (C=O) groups excluding carboxylic acids is 1. The molecule has 1 aromatic carbocycles. The summed E-state index contributed by atoms with van der Waals surface area (Å²) in [6, 6.07) is 4.28. The molecule has 1 aromatic heterocycles. The smallest absolute Gasteiger partial charge is 0.325 e. The van der Waals surface area contributed by atoms with Crippen molar-refractivity contribution >= 4 is 17.6 Å². The lowest BCUT2D eigenvalue weighted by atomic mass is 10.2. The van der Waals surface area contributed by atoms with Crippen molar-refractivity contribution in [1.82, 2.24) is 15.0 Å². The number of carboxylic acid groups (broad SMARTS) is 1. The van der Waals surface area contributed by atoms with E-state index in [4.69, 9.17) is 5.11 Å². The lowest BCUT2D eigenvalue weighted by Gasteiger charge is -2.04. The van der Waals surface area contributed by atoms with Gasteiger partial charge >= 0.3 is 5.97 Å². The molecule has 0 saturated heterocycles. The van der Waals surface area contributed by atoms with Crippen LogP contribution < -0.4 is 5.32 Å². The predicted octanol–water partition coefficient (Wildman–Crippen LogP) is 1.06. The van der Waals surface area contributed by atoms with E-state index in [1.165, 1.54) is 18.3 Å². The molecule has 0 bridgehead atoms. The Morgan fingerprint density at radius 3 is 2.85 bits per heavy atom. The molecule has 0 aliphatic carbocycles. The minimum Gasteiger partial charge on any atom is -0.480 e. The van der Waals surface area contributed by atoms with Gasteiger partial charge in [-0.25, -0.2) is 9.07 Å². The first-order valence-electron chi connectivity index (χ1n) is 5.65. The maximum Gasteiger partial charge on any atom is 0.325 e. The van der Waals surface area contributed by atoms with Gasteiger partial charge < -0.3 is 10.4 Å². The van der Waals surface area contributed by atoms with Gasteiger partial charge in [0.05, 0.1) is 6.20 Å². The molecule has 1 amide bonds. The largest absolute Gasteiger partial charge is 0.480 e. The molecule has 7 nitrogen and oxygen atoms in total. The number of benzene rings is 1. The van der Waals surface area contributed by atoms with Crippen LogP contribution in [0.1, 0.15) is 16.1 Å². The average molecular weight is 278 g/mol. The van der Waals surface area contributed by atoms with Crippen molar-refractivity contribution in [2.24, 2.45) is 0 Å². The second kappa shape index (κ2) is 5.47. The van der Waals surface area contributed by atoms with Crippen LogP contribution in [-0.2, 0) is 11.3 Å². The highest BCUT2D eigenvalue weighted by atomic mass is 19.1. The van der Waals surface area contributed by atoms with E-state index in [1.807, 2.05) is 0 Å². The number of aromatic nitrogens is 3. The average Bonchev–Trinajstić information content (AvgIpc) is 2.81. The zero-order valence-electron chi connectivity index (χ0n) is 10.5. The molecule has 0 aliphatic rings. The van der Waals surface area contributed by atoms with Crippen LogP contribution >= 0.6 is 0 Å². The Balaban J connectivity index is 2.09. The molecule has 2 rings (SSSR count). The van der Waals surface area contributed by atoms with E-state index in [9.17, 15) is 14.0 Å². The summed E-state index contributed by atoms with van der Waals surface area (Å²) in [5.41, 5.74) is 0.702. The molecule has 2 aromatic rings. The van der Waals surface area contributed by atoms with Crippen LogP contribution in [-0.4, -0.2) is 32.0 Å². The zero-order valence-corrected chi connectivity index (χ0v) is 10.5. The maximum atomic E-state index is 13.3. The van der Waals surface area contributed by atoms with Gasteiger partial charge in [-0.1, -0.05) is 11.3 Å². The number of hydrogen-bond acceptors (Lipinski definition) is 4. The molecule has 0 unspecified atom stereocenters. The van der Waals surface area contributed by atoms with Gasteiger partial charge in [-0.15, -0.1) is 5.10 Å². The molecular formula is C12H11FN4O3. The Morgan fingerprint density at radius 1 is 1.45 bits per heavy atom. The zero-order chi connectivity index (χ0) is 14.7. The van der Waals surface area contributed by atoms with Crippen LogP contribution in [0.5, 0.6) is 0 Å². The normalized spacial score (nSPS) is 10.3. The standard InChI is InChI=1S/C12H11FN4O3/c1-7-2-3-8(4-9(7)13)14-12(20)10-5-17(16-15-10)6-11(18)19/h2-5H,6H2,1H3,(H,14,20)(H,18,19). The molecule has 104 valence electrons. The van der Waals surface area contributed by atoms with Crippen LogP contribution in [0.15, 0.2) is 24.4 Å². The topological polar surface area (TPSA) is 97.1 Å². The summed E-state index contributed by atoms with van der Waals surface area (Å²) in [6.07, 6.45) is 1.20. The number of nitrogens with one attached hydrogen (secondary N) is 1. The summed E-state index contributed by atoms with van der Waals surface area (Å²) in [4.78, 5) is 22.3. The first-order valence-corrected chi connectivity index (χ1v) is 5.65. The SMILES string of the molecule is Cc1ccc(NC(=O)c2cn(CC(=O)O)nn2)cc1F. The number of nitrogens with zero attached hydrogens (tertiary/aromatic N) is 3. The van der Waals surface area contributed by atoms with Crippen LogP contribution in [0.4, 0.5) is 10.1 Å². The van der Waals surface area contributed by atoms with E-state index in [0.29, 0.717) is 5.56 Å². The summed E-state index contributed by atoms with van der Waals surface area (Å²) in [5, 5.41) is 18.1. The van der Waals surface area contributed by atoms with Gasteiger partial charge in [-0.05, 0) is 24.6 Å².